The van der Waals surface area contributed by atoms with Gasteiger partial charge in [0.05, 0.1) is 5.92 Å². The molecule has 1 aliphatic rings. The van der Waals surface area contributed by atoms with Gasteiger partial charge < -0.3 is 10.8 Å². The number of hydrogen-bond acceptors (Lipinski definition) is 3. The minimum Gasteiger partial charge on any atom is -0.481 e. The Labute approximate surface area is 114 Å². The molecule has 0 bridgehead atoms. The van der Waals surface area contributed by atoms with E-state index in [4.69, 9.17) is 5.73 Å². The number of hydrogen-bond donors (Lipinski definition) is 2. The molecule has 3 N–H and O–H groups in total. The van der Waals surface area contributed by atoms with Crippen LogP contribution in [0.15, 0.2) is 18.3 Å². The van der Waals surface area contributed by atoms with E-state index in [1.54, 1.807) is 6.20 Å². The van der Waals surface area contributed by atoms with Gasteiger partial charge in [0.1, 0.15) is 5.82 Å². The smallest absolute Gasteiger partial charge is 0.306 e. The second kappa shape index (κ2) is 6.04. The molecular formula is C15H22N2O2. The van der Waals surface area contributed by atoms with Crippen molar-refractivity contribution in [1.29, 1.82) is 0 Å². The van der Waals surface area contributed by atoms with Crippen LogP contribution < -0.4 is 5.73 Å². The van der Waals surface area contributed by atoms with Gasteiger partial charge in [0.2, 0.25) is 0 Å². The molecule has 1 saturated carbocycles. The van der Waals surface area contributed by atoms with Crippen LogP contribution in [0.4, 0.5) is 5.82 Å². The van der Waals surface area contributed by atoms with Crippen LogP contribution in [0.25, 0.3) is 0 Å². The molecule has 104 valence electrons. The highest BCUT2D eigenvalue weighted by molar-refractivity contribution is 5.70. The van der Waals surface area contributed by atoms with Crippen molar-refractivity contribution in [2.75, 3.05) is 5.73 Å². The number of carboxylic acid groups (broad SMARTS) is 1. The van der Waals surface area contributed by atoms with E-state index in [9.17, 15) is 9.90 Å². The van der Waals surface area contributed by atoms with E-state index in [0.717, 1.165) is 37.7 Å². The monoisotopic (exact) mass is 262 g/mol. The van der Waals surface area contributed by atoms with Gasteiger partial charge in [-0.25, -0.2) is 4.98 Å². The normalized spacial score (nSPS) is 27.1. The summed E-state index contributed by atoms with van der Waals surface area (Å²) >= 11 is 0. The lowest BCUT2D eigenvalue weighted by atomic mass is 9.71. The SMILES string of the molecule is CCC1CCC(C(=O)O)C(Cc2cccnc2N)C1. The molecule has 1 fully saturated rings. The number of anilines is 1. The van der Waals surface area contributed by atoms with Crippen LogP contribution in [0.2, 0.25) is 0 Å². The van der Waals surface area contributed by atoms with Crippen LogP contribution in [0.1, 0.15) is 38.2 Å². The second-order valence-corrected chi connectivity index (χ2v) is 5.54. The Hall–Kier alpha value is -1.58. The molecule has 0 aliphatic heterocycles. The van der Waals surface area contributed by atoms with Gasteiger partial charge in [-0.3, -0.25) is 4.79 Å². The lowest BCUT2D eigenvalue weighted by Gasteiger charge is -2.33. The minimum absolute atomic E-state index is 0.183. The maximum atomic E-state index is 11.4. The predicted octanol–water partition coefficient (Wildman–Crippen LogP) is 2.73. The minimum atomic E-state index is -0.665. The van der Waals surface area contributed by atoms with E-state index < -0.39 is 5.97 Å². The molecule has 4 nitrogen and oxygen atoms in total. The van der Waals surface area contributed by atoms with Crippen LogP contribution in [0.3, 0.4) is 0 Å². The van der Waals surface area contributed by atoms with Crippen molar-refractivity contribution in [2.45, 2.75) is 39.0 Å². The molecule has 0 saturated heterocycles. The Morgan fingerprint density at radius 2 is 2.32 bits per heavy atom. The molecule has 1 aromatic rings. The van der Waals surface area contributed by atoms with Crippen LogP contribution in [-0.4, -0.2) is 16.1 Å². The van der Waals surface area contributed by atoms with Crippen LogP contribution in [-0.2, 0) is 11.2 Å². The first-order valence-electron chi connectivity index (χ1n) is 7.04. The largest absolute Gasteiger partial charge is 0.481 e. The molecule has 0 amide bonds. The van der Waals surface area contributed by atoms with Crippen molar-refractivity contribution in [2.24, 2.45) is 17.8 Å². The Bertz CT molecular complexity index is 448. The summed E-state index contributed by atoms with van der Waals surface area (Å²) in [4.78, 5) is 15.5. The topological polar surface area (TPSA) is 76.2 Å². The standard InChI is InChI=1S/C15H22N2O2/c1-2-10-5-6-13(15(18)19)12(8-10)9-11-4-3-7-17-14(11)16/h3-4,7,10,12-13H,2,5-6,8-9H2,1H3,(H2,16,17)(H,18,19). The molecule has 2 rings (SSSR count). The number of rotatable bonds is 4. The van der Waals surface area contributed by atoms with Gasteiger partial charge in [-0.1, -0.05) is 19.4 Å². The van der Waals surface area contributed by atoms with Gasteiger partial charge in [0.25, 0.3) is 0 Å². The van der Waals surface area contributed by atoms with Gasteiger partial charge >= 0.3 is 5.97 Å². The van der Waals surface area contributed by atoms with E-state index in [0.29, 0.717) is 11.7 Å². The highest BCUT2D eigenvalue weighted by Crippen LogP contribution is 2.38. The van der Waals surface area contributed by atoms with Crippen LogP contribution >= 0.6 is 0 Å². The lowest BCUT2D eigenvalue weighted by molar-refractivity contribution is -0.145. The molecular weight excluding hydrogens is 240 g/mol. The summed E-state index contributed by atoms with van der Waals surface area (Å²) < 4.78 is 0. The van der Waals surface area contributed by atoms with Gasteiger partial charge in [-0.05, 0) is 49.1 Å². The van der Waals surface area contributed by atoms with E-state index >= 15 is 0 Å². The summed E-state index contributed by atoms with van der Waals surface area (Å²) in [6.45, 7) is 2.18. The summed E-state index contributed by atoms with van der Waals surface area (Å²) in [5.41, 5.74) is 6.85. The number of nitrogens with zero attached hydrogens (tertiary/aromatic N) is 1. The fraction of sp³-hybridized carbons (Fsp3) is 0.600. The summed E-state index contributed by atoms with van der Waals surface area (Å²) in [7, 11) is 0. The molecule has 3 atom stereocenters. The molecule has 1 heterocycles. The first-order chi connectivity index (χ1) is 9.11. The quantitative estimate of drug-likeness (QED) is 0.874. The second-order valence-electron chi connectivity index (χ2n) is 5.54. The summed E-state index contributed by atoms with van der Waals surface area (Å²) in [5, 5.41) is 9.37. The van der Waals surface area contributed by atoms with E-state index in [1.165, 1.54) is 0 Å². The van der Waals surface area contributed by atoms with Crippen molar-refractivity contribution < 1.29 is 9.90 Å². The number of nitrogens with two attached hydrogens (primary N) is 1. The number of aliphatic carboxylic acids is 1. The lowest BCUT2D eigenvalue weighted by Crippen LogP contribution is -2.32. The van der Waals surface area contributed by atoms with Crippen molar-refractivity contribution in [3.63, 3.8) is 0 Å². The Balaban J connectivity index is 2.13. The van der Waals surface area contributed by atoms with E-state index in [1.807, 2.05) is 12.1 Å². The molecule has 0 radical (unpaired) electrons. The summed E-state index contributed by atoms with van der Waals surface area (Å²) in [6.07, 6.45) is 6.34. The number of carboxylic acids is 1. The molecule has 19 heavy (non-hydrogen) atoms. The van der Waals surface area contributed by atoms with E-state index in [-0.39, 0.29) is 11.8 Å². The average molecular weight is 262 g/mol. The third kappa shape index (κ3) is 3.25. The zero-order valence-electron chi connectivity index (χ0n) is 11.4. The molecule has 3 unspecified atom stereocenters. The Kier molecular flexibility index (Phi) is 4.40. The number of carbonyl (C=O) groups is 1. The fourth-order valence-corrected chi connectivity index (χ4v) is 3.19. The third-order valence-corrected chi connectivity index (χ3v) is 4.39. The molecule has 0 spiro atoms. The van der Waals surface area contributed by atoms with Crippen LogP contribution in [0.5, 0.6) is 0 Å². The first kappa shape index (κ1) is 13.8. The first-order valence-corrected chi connectivity index (χ1v) is 7.04. The van der Waals surface area contributed by atoms with Crippen molar-refractivity contribution in [3.8, 4) is 0 Å². The van der Waals surface area contributed by atoms with Crippen molar-refractivity contribution in [1.82, 2.24) is 4.98 Å². The van der Waals surface area contributed by atoms with Gasteiger partial charge in [-0.2, -0.15) is 0 Å². The van der Waals surface area contributed by atoms with Gasteiger partial charge in [-0.15, -0.1) is 0 Å². The Morgan fingerprint density at radius 3 is 2.95 bits per heavy atom. The fourth-order valence-electron chi connectivity index (χ4n) is 3.19. The van der Waals surface area contributed by atoms with Crippen molar-refractivity contribution in [3.05, 3.63) is 23.9 Å². The predicted molar refractivity (Wildman–Crippen MR) is 74.6 cm³/mol. The molecule has 1 aliphatic carbocycles. The summed E-state index contributed by atoms with van der Waals surface area (Å²) in [5.74, 6) is 0.468. The van der Waals surface area contributed by atoms with E-state index in [2.05, 4.69) is 11.9 Å². The maximum Gasteiger partial charge on any atom is 0.306 e. The third-order valence-electron chi connectivity index (χ3n) is 4.39. The highest BCUT2D eigenvalue weighted by Gasteiger charge is 2.34. The van der Waals surface area contributed by atoms with Gasteiger partial charge in [0, 0.05) is 6.20 Å². The van der Waals surface area contributed by atoms with Crippen molar-refractivity contribution >= 4 is 11.8 Å². The average Bonchev–Trinajstić information content (AvgIpc) is 2.41. The highest BCUT2D eigenvalue weighted by atomic mass is 16.4. The Morgan fingerprint density at radius 1 is 1.53 bits per heavy atom. The molecule has 0 aromatic carbocycles. The number of nitrogen functional groups attached to an aromatic ring is 1. The number of aromatic nitrogens is 1. The summed E-state index contributed by atoms with van der Waals surface area (Å²) in [6, 6.07) is 3.82. The number of pyridine rings is 1. The zero-order valence-corrected chi connectivity index (χ0v) is 11.4. The maximum absolute atomic E-state index is 11.4. The zero-order chi connectivity index (χ0) is 13.8. The molecule has 4 heteroatoms. The van der Waals surface area contributed by atoms with Gasteiger partial charge in [0.15, 0.2) is 0 Å². The molecule has 1 aromatic heterocycles. The van der Waals surface area contributed by atoms with Crippen LogP contribution in [0, 0.1) is 17.8 Å².